The first-order chi connectivity index (χ1) is 14.2. The second kappa shape index (κ2) is 8.49. The molecule has 3 rings (SSSR count). The van der Waals surface area contributed by atoms with Crippen molar-refractivity contribution in [2.75, 3.05) is 6.54 Å². The minimum atomic E-state index is -1.17. The van der Waals surface area contributed by atoms with Crippen LogP contribution in [0, 0.1) is 5.82 Å². The number of carbonyl (C=O) groups is 2. The van der Waals surface area contributed by atoms with Crippen molar-refractivity contribution in [3.8, 4) is 11.1 Å². The van der Waals surface area contributed by atoms with Gasteiger partial charge in [0.05, 0.1) is 11.3 Å². The number of ether oxygens (including phenoxy) is 1. The van der Waals surface area contributed by atoms with E-state index in [-0.39, 0.29) is 29.4 Å². The highest BCUT2D eigenvalue weighted by Gasteiger charge is 2.23. The smallest absolute Gasteiger partial charge is 0.407 e. The summed E-state index contributed by atoms with van der Waals surface area (Å²) in [4.78, 5) is 28.5. The highest BCUT2D eigenvalue weighted by atomic mass is 19.1. The molecule has 0 fully saturated rings. The highest BCUT2D eigenvalue weighted by molar-refractivity contribution is 6.09. The quantitative estimate of drug-likeness (QED) is 0.630. The molecule has 156 valence electrons. The van der Waals surface area contributed by atoms with Crippen LogP contribution in [-0.2, 0) is 11.2 Å². The Bertz CT molecular complexity index is 1090. The molecule has 2 aromatic carbocycles. The first kappa shape index (κ1) is 21.2. The van der Waals surface area contributed by atoms with Crippen LogP contribution in [0.2, 0.25) is 0 Å². The van der Waals surface area contributed by atoms with Crippen molar-refractivity contribution in [1.82, 2.24) is 10.3 Å². The number of carboxylic acids is 1. The predicted molar refractivity (Wildman–Crippen MR) is 112 cm³/mol. The van der Waals surface area contributed by atoms with Gasteiger partial charge in [-0.05, 0) is 32.4 Å². The van der Waals surface area contributed by atoms with Gasteiger partial charge in [0.2, 0.25) is 0 Å². The zero-order valence-corrected chi connectivity index (χ0v) is 17.0. The molecule has 0 saturated carbocycles. The number of aromatic nitrogens is 1. The molecule has 1 heterocycles. The third-order valence-electron chi connectivity index (χ3n) is 4.35. The van der Waals surface area contributed by atoms with E-state index in [9.17, 15) is 19.1 Å². The average molecular weight is 410 g/mol. The number of carboxylic acid groups (broad SMARTS) is 1. The van der Waals surface area contributed by atoms with Gasteiger partial charge in [-0.2, -0.15) is 0 Å². The standard InChI is InChI=1S/C23H23FN2O4/c1-23(2,3)30-22(29)25-13-12-17-18(14-8-5-4-6-9-14)19(21(27)28)15-10-7-11-16(24)20(15)26-17/h4-11H,12-13H2,1-3H3,(H,25,29)(H,27,28). The molecule has 1 aromatic heterocycles. The van der Waals surface area contributed by atoms with Crippen LogP contribution >= 0.6 is 0 Å². The maximum atomic E-state index is 14.4. The topological polar surface area (TPSA) is 88.5 Å². The summed E-state index contributed by atoms with van der Waals surface area (Å²) in [6.07, 6.45) is -0.386. The summed E-state index contributed by atoms with van der Waals surface area (Å²) in [5, 5.41) is 12.8. The average Bonchev–Trinajstić information content (AvgIpc) is 2.66. The van der Waals surface area contributed by atoms with Crippen LogP contribution in [0.3, 0.4) is 0 Å². The van der Waals surface area contributed by atoms with Gasteiger partial charge in [-0.3, -0.25) is 0 Å². The van der Waals surface area contributed by atoms with Gasteiger partial charge in [-0.25, -0.2) is 19.0 Å². The SMILES string of the molecule is CC(C)(C)OC(=O)NCCc1nc2c(F)cccc2c(C(=O)O)c1-c1ccccc1. The van der Waals surface area contributed by atoms with Crippen LogP contribution in [0.4, 0.5) is 9.18 Å². The molecule has 0 unspecified atom stereocenters. The molecule has 7 heteroatoms. The number of aromatic carboxylic acids is 1. The largest absolute Gasteiger partial charge is 0.478 e. The molecule has 0 radical (unpaired) electrons. The maximum absolute atomic E-state index is 14.4. The fraction of sp³-hybridized carbons (Fsp3) is 0.261. The summed E-state index contributed by atoms with van der Waals surface area (Å²) in [5.41, 5.74) is 0.778. The summed E-state index contributed by atoms with van der Waals surface area (Å²) in [6.45, 7) is 5.42. The van der Waals surface area contributed by atoms with Crippen molar-refractivity contribution in [3.63, 3.8) is 0 Å². The van der Waals surface area contributed by atoms with Gasteiger partial charge in [0.1, 0.15) is 16.9 Å². The Morgan fingerprint density at radius 3 is 2.43 bits per heavy atom. The second-order valence-corrected chi connectivity index (χ2v) is 7.79. The van der Waals surface area contributed by atoms with Crippen molar-refractivity contribution in [2.45, 2.75) is 32.8 Å². The minimum absolute atomic E-state index is 0.0122. The highest BCUT2D eigenvalue weighted by Crippen LogP contribution is 2.33. The Kier molecular flexibility index (Phi) is 6.01. The molecule has 2 N–H and O–H groups in total. The lowest BCUT2D eigenvalue weighted by Gasteiger charge is -2.20. The van der Waals surface area contributed by atoms with E-state index in [1.54, 1.807) is 51.1 Å². The Hall–Kier alpha value is -3.48. The number of alkyl carbamates (subject to hydrolysis) is 1. The van der Waals surface area contributed by atoms with Crippen LogP contribution in [0.5, 0.6) is 0 Å². The number of carbonyl (C=O) groups excluding carboxylic acids is 1. The Morgan fingerprint density at radius 1 is 1.10 bits per heavy atom. The Labute approximate surface area is 173 Å². The van der Waals surface area contributed by atoms with E-state index >= 15 is 0 Å². The van der Waals surface area contributed by atoms with E-state index in [2.05, 4.69) is 10.3 Å². The third-order valence-corrected chi connectivity index (χ3v) is 4.35. The van der Waals surface area contributed by atoms with Crippen molar-refractivity contribution in [1.29, 1.82) is 0 Å². The van der Waals surface area contributed by atoms with Gasteiger partial charge in [-0.15, -0.1) is 0 Å². The van der Waals surface area contributed by atoms with Gasteiger partial charge in [-0.1, -0.05) is 42.5 Å². The molecule has 6 nitrogen and oxygen atoms in total. The molecule has 0 atom stereocenters. The first-order valence-electron chi connectivity index (χ1n) is 9.54. The van der Waals surface area contributed by atoms with Crippen LogP contribution in [0.25, 0.3) is 22.0 Å². The molecular weight excluding hydrogens is 387 g/mol. The van der Waals surface area contributed by atoms with Crippen molar-refractivity contribution in [2.24, 2.45) is 0 Å². The van der Waals surface area contributed by atoms with Crippen LogP contribution in [-0.4, -0.2) is 34.3 Å². The lowest BCUT2D eigenvalue weighted by Crippen LogP contribution is -2.33. The summed E-state index contributed by atoms with van der Waals surface area (Å²) < 4.78 is 19.7. The first-order valence-corrected chi connectivity index (χ1v) is 9.54. The number of para-hydroxylation sites is 1. The Morgan fingerprint density at radius 2 is 1.80 bits per heavy atom. The van der Waals surface area contributed by atoms with Crippen molar-refractivity contribution >= 4 is 23.0 Å². The van der Waals surface area contributed by atoms with Gasteiger partial charge in [0.25, 0.3) is 0 Å². The zero-order chi connectivity index (χ0) is 21.9. The van der Waals surface area contributed by atoms with Crippen LogP contribution in [0.15, 0.2) is 48.5 Å². The van der Waals surface area contributed by atoms with Gasteiger partial charge < -0.3 is 15.2 Å². The number of pyridine rings is 1. The number of nitrogens with one attached hydrogen (secondary N) is 1. The van der Waals surface area contributed by atoms with E-state index in [1.165, 1.54) is 12.1 Å². The summed E-state index contributed by atoms with van der Waals surface area (Å²) >= 11 is 0. The fourth-order valence-electron chi connectivity index (χ4n) is 3.22. The number of nitrogens with zero attached hydrogens (tertiary/aromatic N) is 1. The maximum Gasteiger partial charge on any atom is 0.407 e. The number of amides is 1. The second-order valence-electron chi connectivity index (χ2n) is 7.79. The molecule has 0 aliphatic rings. The molecule has 3 aromatic rings. The molecule has 0 aliphatic carbocycles. The number of hydrogen-bond acceptors (Lipinski definition) is 4. The monoisotopic (exact) mass is 410 g/mol. The Balaban J connectivity index is 2.07. The normalized spacial score (nSPS) is 11.3. The fourth-order valence-corrected chi connectivity index (χ4v) is 3.22. The van der Waals surface area contributed by atoms with Crippen LogP contribution < -0.4 is 5.32 Å². The molecule has 1 amide bonds. The van der Waals surface area contributed by atoms with Gasteiger partial charge in [0, 0.05) is 23.9 Å². The molecule has 30 heavy (non-hydrogen) atoms. The lowest BCUT2D eigenvalue weighted by molar-refractivity contribution is 0.0527. The number of hydrogen-bond donors (Lipinski definition) is 2. The molecule has 0 spiro atoms. The molecule has 0 bridgehead atoms. The number of fused-ring (bicyclic) bond motifs is 1. The number of halogens is 1. The predicted octanol–water partition coefficient (Wildman–Crippen LogP) is 4.81. The van der Waals surface area contributed by atoms with E-state index < -0.39 is 23.5 Å². The zero-order valence-electron chi connectivity index (χ0n) is 17.0. The van der Waals surface area contributed by atoms with Crippen LogP contribution in [0.1, 0.15) is 36.8 Å². The summed E-state index contributed by atoms with van der Waals surface area (Å²) in [5.74, 6) is -1.77. The molecular formula is C23H23FN2O4. The van der Waals surface area contributed by atoms with Gasteiger partial charge >= 0.3 is 12.1 Å². The third kappa shape index (κ3) is 4.74. The van der Waals surface area contributed by atoms with Gasteiger partial charge in [0.15, 0.2) is 0 Å². The van der Waals surface area contributed by atoms with Crippen molar-refractivity contribution < 1.29 is 23.8 Å². The molecule has 0 saturated heterocycles. The van der Waals surface area contributed by atoms with E-state index in [0.29, 0.717) is 16.8 Å². The van der Waals surface area contributed by atoms with E-state index in [0.717, 1.165) is 0 Å². The lowest BCUT2D eigenvalue weighted by atomic mass is 9.93. The number of rotatable bonds is 5. The minimum Gasteiger partial charge on any atom is -0.478 e. The molecule has 0 aliphatic heterocycles. The van der Waals surface area contributed by atoms with E-state index in [1.807, 2.05) is 6.07 Å². The van der Waals surface area contributed by atoms with E-state index in [4.69, 9.17) is 4.74 Å². The van der Waals surface area contributed by atoms with Crippen molar-refractivity contribution in [3.05, 3.63) is 65.6 Å². The number of benzene rings is 2. The summed E-state index contributed by atoms with van der Waals surface area (Å²) in [6, 6.07) is 13.2. The summed E-state index contributed by atoms with van der Waals surface area (Å²) in [7, 11) is 0.